The molecule has 5 rings (SSSR count). The molecule has 2 fully saturated rings. The van der Waals surface area contributed by atoms with E-state index in [0.29, 0.717) is 23.4 Å². The smallest absolute Gasteiger partial charge is 0.226 e. The van der Waals surface area contributed by atoms with Crippen LogP contribution in [0.3, 0.4) is 0 Å². The standard InChI is InChI=1S/C22H23N7O2/c1-30-22-21(17-9-19(29-28-17)27-20-12-24-14(10-23)11-25-20)18(31-15-4-2-3-5-15)8-16(26-22)13-6-7-13/h8-9,11-13,15H,2-7H2,1H3,(H2,25,27,28,29). The minimum absolute atomic E-state index is 0.215. The molecule has 0 radical (unpaired) electrons. The molecule has 0 saturated heterocycles. The lowest BCUT2D eigenvalue weighted by atomic mass is 10.1. The van der Waals surface area contributed by atoms with Crippen LogP contribution in [0.25, 0.3) is 11.3 Å². The van der Waals surface area contributed by atoms with Crippen molar-refractivity contribution < 1.29 is 9.47 Å². The summed E-state index contributed by atoms with van der Waals surface area (Å²) in [5.74, 6) is 2.87. The Morgan fingerprint density at radius 3 is 2.61 bits per heavy atom. The third kappa shape index (κ3) is 4.14. The van der Waals surface area contributed by atoms with Crippen LogP contribution in [-0.4, -0.2) is 38.4 Å². The second-order valence-electron chi connectivity index (χ2n) is 7.92. The monoisotopic (exact) mass is 417 g/mol. The Balaban J connectivity index is 1.47. The van der Waals surface area contributed by atoms with Gasteiger partial charge in [0.1, 0.15) is 23.2 Å². The van der Waals surface area contributed by atoms with Crippen LogP contribution in [0.1, 0.15) is 55.8 Å². The second kappa shape index (κ2) is 8.22. The van der Waals surface area contributed by atoms with Crippen LogP contribution in [0.15, 0.2) is 24.5 Å². The number of ether oxygens (including phenoxy) is 2. The Morgan fingerprint density at radius 1 is 1.10 bits per heavy atom. The highest BCUT2D eigenvalue weighted by atomic mass is 16.5. The normalized spacial score (nSPS) is 16.1. The van der Waals surface area contributed by atoms with Gasteiger partial charge in [-0.2, -0.15) is 10.4 Å². The zero-order valence-corrected chi connectivity index (χ0v) is 17.3. The van der Waals surface area contributed by atoms with Crippen molar-refractivity contribution in [3.05, 3.63) is 35.9 Å². The van der Waals surface area contributed by atoms with E-state index in [1.54, 1.807) is 7.11 Å². The van der Waals surface area contributed by atoms with Gasteiger partial charge in [-0.3, -0.25) is 5.10 Å². The molecule has 3 aromatic rings. The van der Waals surface area contributed by atoms with E-state index in [-0.39, 0.29) is 11.8 Å². The van der Waals surface area contributed by atoms with Crippen molar-refractivity contribution in [3.8, 4) is 29.0 Å². The molecule has 158 valence electrons. The Morgan fingerprint density at radius 2 is 1.94 bits per heavy atom. The first kappa shape index (κ1) is 19.3. The molecule has 0 atom stereocenters. The highest BCUT2D eigenvalue weighted by Crippen LogP contribution is 2.45. The van der Waals surface area contributed by atoms with Gasteiger partial charge in [0.15, 0.2) is 11.5 Å². The van der Waals surface area contributed by atoms with Crippen LogP contribution < -0.4 is 14.8 Å². The highest BCUT2D eigenvalue weighted by Gasteiger charge is 2.30. The third-order valence-corrected chi connectivity index (χ3v) is 5.62. The van der Waals surface area contributed by atoms with Crippen molar-refractivity contribution in [2.45, 2.75) is 50.5 Å². The lowest BCUT2D eigenvalue weighted by molar-refractivity contribution is 0.209. The second-order valence-corrected chi connectivity index (χ2v) is 7.92. The molecule has 2 N–H and O–H groups in total. The van der Waals surface area contributed by atoms with Crippen LogP contribution in [-0.2, 0) is 0 Å². The minimum Gasteiger partial charge on any atom is -0.489 e. The summed E-state index contributed by atoms with van der Waals surface area (Å²) in [6.45, 7) is 0. The fourth-order valence-corrected chi connectivity index (χ4v) is 3.88. The van der Waals surface area contributed by atoms with E-state index in [1.807, 2.05) is 12.1 Å². The molecule has 0 amide bonds. The number of pyridine rings is 1. The molecule has 31 heavy (non-hydrogen) atoms. The van der Waals surface area contributed by atoms with Gasteiger partial charge >= 0.3 is 0 Å². The van der Waals surface area contributed by atoms with Gasteiger partial charge in [0.2, 0.25) is 5.88 Å². The Kier molecular flexibility index (Phi) is 5.12. The van der Waals surface area contributed by atoms with Crippen molar-refractivity contribution in [1.82, 2.24) is 25.1 Å². The molecule has 9 nitrogen and oxygen atoms in total. The summed E-state index contributed by atoms with van der Waals surface area (Å²) in [4.78, 5) is 12.9. The van der Waals surface area contributed by atoms with E-state index in [9.17, 15) is 0 Å². The first-order valence-electron chi connectivity index (χ1n) is 10.5. The largest absolute Gasteiger partial charge is 0.489 e. The van der Waals surface area contributed by atoms with E-state index in [2.05, 4.69) is 31.5 Å². The zero-order valence-electron chi connectivity index (χ0n) is 17.3. The summed E-state index contributed by atoms with van der Waals surface area (Å²) in [7, 11) is 1.63. The van der Waals surface area contributed by atoms with Gasteiger partial charge in [-0.1, -0.05) is 0 Å². The SMILES string of the molecule is COc1nc(C2CC2)cc(OC2CCCC2)c1-c1cc(Nc2cnc(C#N)cn2)n[nH]1. The molecule has 2 aliphatic carbocycles. The summed E-state index contributed by atoms with van der Waals surface area (Å²) in [6, 6.07) is 5.87. The summed E-state index contributed by atoms with van der Waals surface area (Å²) in [5.41, 5.74) is 2.79. The number of anilines is 2. The number of aromatic amines is 1. The Hall–Kier alpha value is -3.67. The van der Waals surface area contributed by atoms with E-state index in [0.717, 1.165) is 48.4 Å². The Labute approximate surface area is 179 Å². The van der Waals surface area contributed by atoms with Crippen molar-refractivity contribution in [1.29, 1.82) is 5.26 Å². The quantitative estimate of drug-likeness (QED) is 0.590. The van der Waals surface area contributed by atoms with Gasteiger partial charge in [-0.05, 0) is 38.5 Å². The molecule has 0 aliphatic heterocycles. The molecular formula is C22H23N7O2. The summed E-state index contributed by atoms with van der Waals surface area (Å²) >= 11 is 0. The number of aromatic nitrogens is 5. The molecule has 0 unspecified atom stereocenters. The van der Waals surface area contributed by atoms with Crippen LogP contribution in [0.4, 0.5) is 11.6 Å². The minimum atomic E-state index is 0.215. The third-order valence-electron chi connectivity index (χ3n) is 5.62. The van der Waals surface area contributed by atoms with Crippen LogP contribution in [0, 0.1) is 11.3 Å². The first-order valence-corrected chi connectivity index (χ1v) is 10.5. The van der Waals surface area contributed by atoms with Gasteiger partial charge in [0.05, 0.1) is 37.0 Å². The van der Waals surface area contributed by atoms with Crippen LogP contribution in [0.2, 0.25) is 0 Å². The molecular weight excluding hydrogens is 394 g/mol. The predicted molar refractivity (Wildman–Crippen MR) is 113 cm³/mol. The zero-order chi connectivity index (χ0) is 21.2. The average molecular weight is 417 g/mol. The average Bonchev–Trinajstić information content (AvgIpc) is 3.34. The molecule has 0 aromatic carbocycles. The number of hydrogen-bond donors (Lipinski definition) is 2. The van der Waals surface area contributed by atoms with Crippen molar-refractivity contribution in [3.63, 3.8) is 0 Å². The predicted octanol–water partition coefficient (Wildman–Crippen LogP) is 4.08. The van der Waals surface area contributed by atoms with Gasteiger partial charge < -0.3 is 14.8 Å². The maximum absolute atomic E-state index is 8.86. The lowest BCUT2D eigenvalue weighted by Crippen LogP contribution is -2.12. The summed E-state index contributed by atoms with van der Waals surface area (Å²) < 4.78 is 12.1. The number of nitrogens with zero attached hydrogens (tertiary/aromatic N) is 5. The van der Waals surface area contributed by atoms with Crippen molar-refractivity contribution in [2.24, 2.45) is 0 Å². The van der Waals surface area contributed by atoms with Crippen molar-refractivity contribution in [2.75, 3.05) is 12.4 Å². The van der Waals surface area contributed by atoms with Crippen LogP contribution in [0.5, 0.6) is 11.6 Å². The molecule has 3 heterocycles. The fourth-order valence-electron chi connectivity index (χ4n) is 3.88. The van der Waals surface area contributed by atoms with Gasteiger partial charge in [-0.25, -0.2) is 15.0 Å². The topological polar surface area (TPSA) is 122 Å². The van der Waals surface area contributed by atoms with E-state index < -0.39 is 0 Å². The van der Waals surface area contributed by atoms with E-state index >= 15 is 0 Å². The number of hydrogen-bond acceptors (Lipinski definition) is 8. The van der Waals surface area contributed by atoms with Crippen molar-refractivity contribution >= 4 is 11.6 Å². The van der Waals surface area contributed by atoms with Gasteiger partial charge in [0.25, 0.3) is 0 Å². The lowest BCUT2D eigenvalue weighted by Gasteiger charge is -2.18. The molecule has 2 aliphatic rings. The molecule has 2 saturated carbocycles. The first-order chi connectivity index (χ1) is 15.2. The molecule has 3 aromatic heterocycles. The number of nitrogens with one attached hydrogen (secondary N) is 2. The van der Waals surface area contributed by atoms with Gasteiger partial charge in [0, 0.05) is 18.1 Å². The highest BCUT2D eigenvalue weighted by molar-refractivity contribution is 5.75. The maximum atomic E-state index is 8.86. The summed E-state index contributed by atoms with van der Waals surface area (Å²) in [6.07, 6.45) is 9.95. The number of methoxy groups -OCH3 is 1. The van der Waals surface area contributed by atoms with E-state index in [1.165, 1.54) is 25.2 Å². The van der Waals surface area contributed by atoms with Gasteiger partial charge in [-0.15, -0.1) is 0 Å². The molecule has 9 heteroatoms. The maximum Gasteiger partial charge on any atom is 0.226 e. The van der Waals surface area contributed by atoms with E-state index in [4.69, 9.17) is 19.7 Å². The number of nitriles is 1. The Bertz CT molecular complexity index is 1110. The number of rotatable bonds is 7. The molecule has 0 spiro atoms. The van der Waals surface area contributed by atoms with Crippen LogP contribution >= 0.6 is 0 Å². The summed E-state index contributed by atoms with van der Waals surface area (Å²) in [5, 5.41) is 19.3. The number of H-pyrrole nitrogens is 1. The molecule has 0 bridgehead atoms. The fraction of sp³-hybridized carbons (Fsp3) is 0.409.